The maximum Gasteiger partial charge on any atom is 0.0847 e. The molecule has 0 aromatic carbocycles. The first kappa shape index (κ1) is 15.3. The molecule has 2 fully saturated rings. The Kier molecular flexibility index (Phi) is 4.32. The van der Waals surface area contributed by atoms with Gasteiger partial charge in [-0.25, -0.2) is 0 Å². The summed E-state index contributed by atoms with van der Waals surface area (Å²) in [6, 6.07) is 0. The molecule has 1 heterocycles. The van der Waals surface area contributed by atoms with E-state index in [1.54, 1.807) is 0 Å². The normalized spacial score (nSPS) is 44.2. The molecule has 2 nitrogen and oxygen atoms in total. The molecule has 19 heavy (non-hydrogen) atoms. The Morgan fingerprint density at radius 2 is 1.79 bits per heavy atom. The van der Waals surface area contributed by atoms with Crippen LogP contribution < -0.4 is 5.32 Å². The van der Waals surface area contributed by atoms with Crippen LogP contribution in [0.1, 0.15) is 60.8 Å². The van der Waals surface area contributed by atoms with E-state index < -0.39 is 0 Å². The van der Waals surface area contributed by atoms with Crippen LogP contribution in [-0.4, -0.2) is 24.3 Å². The first-order chi connectivity index (χ1) is 8.79. The third-order valence-electron chi connectivity index (χ3n) is 5.70. The number of hydrogen-bond donors (Lipinski definition) is 1. The van der Waals surface area contributed by atoms with Crippen LogP contribution in [0.3, 0.4) is 0 Å². The largest absolute Gasteiger partial charge is 0.366 e. The molecule has 4 atom stereocenters. The molecular weight excluding hydrogens is 234 g/mol. The number of morpholine rings is 1. The smallest absolute Gasteiger partial charge is 0.0847 e. The summed E-state index contributed by atoms with van der Waals surface area (Å²) >= 11 is 0. The molecule has 0 aromatic rings. The lowest BCUT2D eigenvalue weighted by atomic mass is 9.65. The van der Waals surface area contributed by atoms with E-state index in [0.717, 1.165) is 19.0 Å². The number of ether oxygens (including phenoxy) is 1. The Hall–Kier alpha value is -0.0800. The molecule has 4 unspecified atom stereocenters. The zero-order chi connectivity index (χ0) is 14.3. The molecule has 1 saturated carbocycles. The molecule has 1 aliphatic carbocycles. The van der Waals surface area contributed by atoms with Gasteiger partial charge in [-0.05, 0) is 43.4 Å². The fourth-order valence-electron chi connectivity index (χ4n) is 4.21. The lowest BCUT2D eigenvalue weighted by Crippen LogP contribution is -2.65. The Bertz CT molecular complexity index is 314. The standard InChI is InChI=1S/C17H33NO/c1-12(2)15-8-7-14(5)9-17(15)11-18-10-16(6,19-17)13(3)4/h12-15,18H,7-11H2,1-6H3. The van der Waals surface area contributed by atoms with Crippen LogP contribution in [-0.2, 0) is 4.74 Å². The van der Waals surface area contributed by atoms with Gasteiger partial charge in [0.15, 0.2) is 0 Å². The number of rotatable bonds is 2. The minimum atomic E-state index is -0.0115. The highest BCUT2D eigenvalue weighted by atomic mass is 16.5. The monoisotopic (exact) mass is 267 g/mol. The Morgan fingerprint density at radius 1 is 1.11 bits per heavy atom. The SMILES string of the molecule is CC1CCC(C(C)C)C2(CNCC(C)(C(C)C)O2)C1. The van der Waals surface area contributed by atoms with Gasteiger partial charge in [0.25, 0.3) is 0 Å². The maximum atomic E-state index is 6.85. The summed E-state index contributed by atoms with van der Waals surface area (Å²) in [5.41, 5.74) is 0.0611. The van der Waals surface area contributed by atoms with E-state index in [4.69, 9.17) is 4.74 Å². The van der Waals surface area contributed by atoms with Crippen molar-refractivity contribution < 1.29 is 4.74 Å². The summed E-state index contributed by atoms with van der Waals surface area (Å²) in [5.74, 6) is 2.77. The van der Waals surface area contributed by atoms with Crippen molar-refractivity contribution in [1.82, 2.24) is 5.32 Å². The zero-order valence-corrected chi connectivity index (χ0v) is 13.8. The van der Waals surface area contributed by atoms with Gasteiger partial charge >= 0.3 is 0 Å². The Labute approximate surface area is 119 Å². The molecule has 1 N–H and O–H groups in total. The molecule has 0 aromatic heterocycles. The fraction of sp³-hybridized carbons (Fsp3) is 1.00. The van der Waals surface area contributed by atoms with E-state index in [-0.39, 0.29) is 11.2 Å². The first-order valence-corrected chi connectivity index (χ1v) is 8.20. The predicted octanol–water partition coefficient (Wildman–Crippen LogP) is 3.85. The van der Waals surface area contributed by atoms with Gasteiger partial charge in [0.2, 0.25) is 0 Å². The second-order valence-corrected chi connectivity index (χ2v) is 7.97. The summed E-state index contributed by atoms with van der Waals surface area (Å²) in [4.78, 5) is 0. The van der Waals surface area contributed by atoms with Crippen molar-refractivity contribution in [2.45, 2.75) is 72.0 Å². The molecule has 112 valence electrons. The van der Waals surface area contributed by atoms with Gasteiger partial charge in [-0.3, -0.25) is 0 Å². The molecule has 2 heteroatoms. The second-order valence-electron chi connectivity index (χ2n) is 7.97. The quantitative estimate of drug-likeness (QED) is 0.820. The van der Waals surface area contributed by atoms with Crippen LogP contribution in [0.4, 0.5) is 0 Å². The van der Waals surface area contributed by atoms with Gasteiger partial charge in [-0.1, -0.05) is 41.0 Å². The van der Waals surface area contributed by atoms with Crippen molar-refractivity contribution in [2.24, 2.45) is 23.7 Å². The van der Waals surface area contributed by atoms with Crippen LogP contribution in [0.5, 0.6) is 0 Å². The molecule has 2 rings (SSSR count). The molecule has 0 bridgehead atoms. The molecule has 1 saturated heterocycles. The maximum absolute atomic E-state index is 6.85. The van der Waals surface area contributed by atoms with E-state index in [0.29, 0.717) is 17.8 Å². The minimum Gasteiger partial charge on any atom is -0.366 e. The number of hydrogen-bond acceptors (Lipinski definition) is 2. The van der Waals surface area contributed by atoms with Crippen LogP contribution in [0.15, 0.2) is 0 Å². The van der Waals surface area contributed by atoms with Gasteiger partial charge in [0.05, 0.1) is 11.2 Å². The predicted molar refractivity (Wildman–Crippen MR) is 81.3 cm³/mol. The minimum absolute atomic E-state index is 0.0115. The molecule has 1 spiro atoms. The van der Waals surface area contributed by atoms with Gasteiger partial charge in [-0.15, -0.1) is 0 Å². The third kappa shape index (κ3) is 2.85. The lowest BCUT2D eigenvalue weighted by Gasteiger charge is -2.56. The summed E-state index contributed by atoms with van der Waals surface area (Å²) in [5, 5.41) is 3.70. The average Bonchev–Trinajstić information content (AvgIpc) is 2.27. The lowest BCUT2D eigenvalue weighted by molar-refractivity contribution is -0.233. The number of nitrogens with one attached hydrogen (secondary N) is 1. The van der Waals surface area contributed by atoms with Crippen molar-refractivity contribution in [3.63, 3.8) is 0 Å². The van der Waals surface area contributed by atoms with Crippen LogP contribution in [0.25, 0.3) is 0 Å². The van der Waals surface area contributed by atoms with E-state index in [2.05, 4.69) is 46.9 Å². The molecule has 2 aliphatic rings. The summed E-state index contributed by atoms with van der Waals surface area (Å²) in [6.07, 6.45) is 3.92. The van der Waals surface area contributed by atoms with Gasteiger partial charge in [-0.2, -0.15) is 0 Å². The van der Waals surface area contributed by atoms with Gasteiger partial charge in [0.1, 0.15) is 0 Å². The molecular formula is C17H33NO. The highest BCUT2D eigenvalue weighted by Gasteiger charge is 2.51. The molecule has 1 aliphatic heterocycles. The summed E-state index contributed by atoms with van der Waals surface area (Å²) < 4.78 is 6.85. The average molecular weight is 267 g/mol. The van der Waals surface area contributed by atoms with E-state index in [9.17, 15) is 0 Å². The Balaban J connectivity index is 2.26. The van der Waals surface area contributed by atoms with Gasteiger partial charge < -0.3 is 10.1 Å². The molecule has 0 radical (unpaired) electrons. The van der Waals surface area contributed by atoms with E-state index in [1.807, 2.05) is 0 Å². The van der Waals surface area contributed by atoms with Crippen LogP contribution >= 0.6 is 0 Å². The highest BCUT2D eigenvalue weighted by molar-refractivity contribution is 5.03. The van der Waals surface area contributed by atoms with E-state index >= 15 is 0 Å². The topological polar surface area (TPSA) is 21.3 Å². The van der Waals surface area contributed by atoms with E-state index in [1.165, 1.54) is 19.3 Å². The van der Waals surface area contributed by atoms with Crippen LogP contribution in [0.2, 0.25) is 0 Å². The fourth-order valence-corrected chi connectivity index (χ4v) is 4.21. The molecule has 0 amide bonds. The van der Waals surface area contributed by atoms with Gasteiger partial charge in [0, 0.05) is 13.1 Å². The van der Waals surface area contributed by atoms with Crippen molar-refractivity contribution in [2.75, 3.05) is 13.1 Å². The van der Waals surface area contributed by atoms with Crippen molar-refractivity contribution in [3.8, 4) is 0 Å². The Morgan fingerprint density at radius 3 is 2.37 bits per heavy atom. The summed E-state index contributed by atoms with van der Waals surface area (Å²) in [7, 11) is 0. The first-order valence-electron chi connectivity index (χ1n) is 8.20. The van der Waals surface area contributed by atoms with Crippen molar-refractivity contribution in [3.05, 3.63) is 0 Å². The summed E-state index contributed by atoms with van der Waals surface area (Å²) in [6.45, 7) is 16.0. The van der Waals surface area contributed by atoms with Crippen LogP contribution in [0, 0.1) is 23.7 Å². The third-order valence-corrected chi connectivity index (χ3v) is 5.70. The zero-order valence-electron chi connectivity index (χ0n) is 13.8. The highest BCUT2D eigenvalue weighted by Crippen LogP contribution is 2.47. The van der Waals surface area contributed by atoms with Crippen molar-refractivity contribution in [1.29, 1.82) is 0 Å². The van der Waals surface area contributed by atoms with Crippen molar-refractivity contribution >= 4 is 0 Å². The second kappa shape index (κ2) is 5.37.